The van der Waals surface area contributed by atoms with Gasteiger partial charge in [-0.05, 0) is 24.5 Å². The van der Waals surface area contributed by atoms with Gasteiger partial charge < -0.3 is 25.5 Å². The van der Waals surface area contributed by atoms with Crippen LogP contribution in [-0.2, 0) is 11.2 Å². The standard InChI is InChI=1S/C21H25N3O3.ClH/c1-26-16-12-18-17(19(13-16)27-2)11-15(24-18)9-6-10-23-21(25)20(22)14-7-4-3-5-8-14;/h3-5,7-8,11-13,20,24H,6,9-10,22H2,1-2H3,(H,23,25);1H. The SMILES string of the molecule is COc1cc(OC)c2cc(CCCNC(=O)C(N)c3ccccc3)[nH]c2c1.Cl. The third kappa shape index (κ3) is 4.97. The molecule has 3 rings (SSSR count). The van der Waals surface area contributed by atoms with E-state index < -0.39 is 6.04 Å². The Morgan fingerprint density at radius 2 is 1.89 bits per heavy atom. The molecule has 0 saturated heterocycles. The van der Waals surface area contributed by atoms with E-state index in [-0.39, 0.29) is 18.3 Å². The Bertz CT molecular complexity index is 912. The van der Waals surface area contributed by atoms with E-state index in [4.69, 9.17) is 15.2 Å². The Labute approximate surface area is 170 Å². The number of hydrogen-bond acceptors (Lipinski definition) is 4. The van der Waals surface area contributed by atoms with Crippen LogP contribution in [0.4, 0.5) is 0 Å². The highest BCUT2D eigenvalue weighted by Gasteiger charge is 2.14. The normalized spacial score (nSPS) is 11.5. The van der Waals surface area contributed by atoms with Crippen LogP contribution in [0.1, 0.15) is 23.7 Å². The van der Waals surface area contributed by atoms with Crippen LogP contribution in [0, 0.1) is 0 Å². The number of nitrogens with two attached hydrogens (primary N) is 1. The van der Waals surface area contributed by atoms with Crippen LogP contribution in [0.15, 0.2) is 48.5 Å². The molecule has 4 N–H and O–H groups in total. The first-order valence-corrected chi connectivity index (χ1v) is 8.94. The van der Waals surface area contributed by atoms with Crippen molar-refractivity contribution in [1.82, 2.24) is 10.3 Å². The summed E-state index contributed by atoms with van der Waals surface area (Å²) >= 11 is 0. The van der Waals surface area contributed by atoms with Crippen molar-refractivity contribution in [1.29, 1.82) is 0 Å². The number of methoxy groups -OCH3 is 2. The molecule has 0 spiro atoms. The number of hydrogen-bond donors (Lipinski definition) is 3. The van der Waals surface area contributed by atoms with Crippen LogP contribution in [-0.4, -0.2) is 31.7 Å². The summed E-state index contributed by atoms with van der Waals surface area (Å²) in [5.74, 6) is 1.35. The van der Waals surface area contributed by atoms with Crippen LogP contribution >= 0.6 is 12.4 Å². The maximum Gasteiger partial charge on any atom is 0.241 e. The number of ether oxygens (including phenoxy) is 2. The summed E-state index contributed by atoms with van der Waals surface area (Å²) < 4.78 is 10.7. The molecule has 0 fully saturated rings. The Hall–Kier alpha value is -2.70. The van der Waals surface area contributed by atoms with Crippen molar-refractivity contribution < 1.29 is 14.3 Å². The molecule has 1 aromatic heterocycles. The number of fused-ring (bicyclic) bond motifs is 1. The summed E-state index contributed by atoms with van der Waals surface area (Å²) in [5, 5.41) is 3.92. The van der Waals surface area contributed by atoms with E-state index in [1.165, 1.54) is 0 Å². The minimum Gasteiger partial charge on any atom is -0.497 e. The van der Waals surface area contributed by atoms with Crippen molar-refractivity contribution in [2.45, 2.75) is 18.9 Å². The fraction of sp³-hybridized carbons (Fsp3) is 0.286. The number of H-pyrrole nitrogens is 1. The number of aromatic amines is 1. The number of nitrogens with one attached hydrogen (secondary N) is 2. The van der Waals surface area contributed by atoms with E-state index in [2.05, 4.69) is 16.4 Å². The lowest BCUT2D eigenvalue weighted by atomic mass is 10.1. The first kappa shape index (κ1) is 21.6. The monoisotopic (exact) mass is 403 g/mol. The first-order chi connectivity index (χ1) is 13.1. The Balaban J connectivity index is 0.00000280. The van der Waals surface area contributed by atoms with Gasteiger partial charge in [-0.2, -0.15) is 0 Å². The van der Waals surface area contributed by atoms with Gasteiger partial charge in [-0.15, -0.1) is 12.4 Å². The molecule has 0 aliphatic heterocycles. The number of rotatable bonds is 8. The predicted octanol–water partition coefficient (Wildman–Crippen LogP) is 3.36. The zero-order valence-corrected chi connectivity index (χ0v) is 16.8. The van der Waals surface area contributed by atoms with Crippen molar-refractivity contribution in [3.8, 4) is 11.5 Å². The first-order valence-electron chi connectivity index (χ1n) is 8.94. The van der Waals surface area contributed by atoms with Crippen molar-refractivity contribution in [2.24, 2.45) is 5.73 Å². The van der Waals surface area contributed by atoms with Crippen LogP contribution in [0.25, 0.3) is 10.9 Å². The average Bonchev–Trinajstić information content (AvgIpc) is 3.13. The van der Waals surface area contributed by atoms with Crippen LogP contribution in [0.3, 0.4) is 0 Å². The molecule has 1 atom stereocenters. The van der Waals surface area contributed by atoms with E-state index in [1.807, 2.05) is 42.5 Å². The molecule has 3 aromatic rings. The largest absolute Gasteiger partial charge is 0.497 e. The van der Waals surface area contributed by atoms with Crippen LogP contribution in [0.2, 0.25) is 0 Å². The van der Waals surface area contributed by atoms with Gasteiger partial charge in [-0.3, -0.25) is 4.79 Å². The summed E-state index contributed by atoms with van der Waals surface area (Å²) in [6.45, 7) is 0.565. The highest BCUT2D eigenvalue weighted by molar-refractivity contribution is 5.88. The number of carbonyl (C=O) groups excluding carboxylic acids is 1. The third-order valence-corrected chi connectivity index (χ3v) is 4.55. The van der Waals surface area contributed by atoms with Crippen molar-refractivity contribution in [3.05, 3.63) is 59.8 Å². The topological polar surface area (TPSA) is 89.4 Å². The second-order valence-electron chi connectivity index (χ2n) is 6.37. The number of amides is 1. The predicted molar refractivity (Wildman–Crippen MR) is 113 cm³/mol. The fourth-order valence-electron chi connectivity index (χ4n) is 3.07. The van der Waals surface area contributed by atoms with Gasteiger partial charge in [-0.1, -0.05) is 30.3 Å². The second-order valence-corrected chi connectivity index (χ2v) is 6.37. The molecule has 6 nitrogen and oxygen atoms in total. The van der Waals surface area contributed by atoms with Gasteiger partial charge in [0.05, 0.1) is 19.7 Å². The molecule has 150 valence electrons. The van der Waals surface area contributed by atoms with E-state index in [9.17, 15) is 4.79 Å². The lowest BCUT2D eigenvalue weighted by molar-refractivity contribution is -0.122. The Morgan fingerprint density at radius 1 is 1.14 bits per heavy atom. The summed E-state index contributed by atoms with van der Waals surface area (Å²) in [6.07, 6.45) is 1.61. The summed E-state index contributed by atoms with van der Waals surface area (Å²) in [6, 6.07) is 14.6. The van der Waals surface area contributed by atoms with Gasteiger partial charge in [-0.25, -0.2) is 0 Å². The lowest BCUT2D eigenvalue weighted by Gasteiger charge is -2.12. The summed E-state index contributed by atoms with van der Waals surface area (Å²) in [5.41, 5.74) is 8.86. The smallest absolute Gasteiger partial charge is 0.241 e. The molecule has 0 saturated carbocycles. The van der Waals surface area contributed by atoms with Gasteiger partial charge in [0.1, 0.15) is 17.5 Å². The molecular formula is C21H26ClN3O3. The highest BCUT2D eigenvalue weighted by atomic mass is 35.5. The van der Waals surface area contributed by atoms with Gasteiger partial charge in [0.2, 0.25) is 5.91 Å². The molecule has 1 heterocycles. The van der Waals surface area contributed by atoms with E-state index in [0.717, 1.165) is 46.5 Å². The third-order valence-electron chi connectivity index (χ3n) is 4.55. The van der Waals surface area contributed by atoms with Gasteiger partial charge in [0, 0.05) is 29.8 Å². The van der Waals surface area contributed by atoms with Crippen molar-refractivity contribution >= 4 is 29.2 Å². The number of benzene rings is 2. The molecular weight excluding hydrogens is 378 g/mol. The van der Waals surface area contributed by atoms with Gasteiger partial charge in [0.15, 0.2) is 0 Å². The quantitative estimate of drug-likeness (QED) is 0.503. The number of aryl methyl sites for hydroxylation is 1. The van der Waals surface area contributed by atoms with Gasteiger partial charge >= 0.3 is 0 Å². The number of aromatic nitrogens is 1. The summed E-state index contributed by atoms with van der Waals surface area (Å²) in [4.78, 5) is 15.6. The molecule has 1 unspecified atom stereocenters. The molecule has 0 aliphatic rings. The number of carbonyl (C=O) groups is 1. The second kappa shape index (κ2) is 10.0. The minimum absolute atomic E-state index is 0. The van der Waals surface area contributed by atoms with Crippen LogP contribution in [0.5, 0.6) is 11.5 Å². The maximum atomic E-state index is 12.2. The van der Waals surface area contributed by atoms with Crippen molar-refractivity contribution in [2.75, 3.05) is 20.8 Å². The Morgan fingerprint density at radius 3 is 2.57 bits per heavy atom. The zero-order valence-electron chi connectivity index (χ0n) is 16.0. The van der Waals surface area contributed by atoms with Crippen molar-refractivity contribution in [3.63, 3.8) is 0 Å². The molecule has 2 aromatic carbocycles. The van der Waals surface area contributed by atoms with E-state index >= 15 is 0 Å². The minimum atomic E-state index is -0.643. The molecule has 0 radical (unpaired) electrons. The van der Waals surface area contributed by atoms with Gasteiger partial charge in [0.25, 0.3) is 0 Å². The fourth-order valence-corrected chi connectivity index (χ4v) is 3.07. The summed E-state index contributed by atoms with van der Waals surface area (Å²) in [7, 11) is 3.28. The molecule has 0 bridgehead atoms. The maximum absolute atomic E-state index is 12.2. The molecule has 7 heteroatoms. The van der Waals surface area contributed by atoms with E-state index in [1.54, 1.807) is 14.2 Å². The number of halogens is 1. The molecule has 1 amide bonds. The molecule has 28 heavy (non-hydrogen) atoms. The molecule has 0 aliphatic carbocycles. The lowest BCUT2D eigenvalue weighted by Crippen LogP contribution is -2.34. The Kier molecular flexibility index (Phi) is 7.72. The highest BCUT2D eigenvalue weighted by Crippen LogP contribution is 2.31. The van der Waals surface area contributed by atoms with Crippen LogP contribution < -0.4 is 20.5 Å². The average molecular weight is 404 g/mol. The zero-order chi connectivity index (χ0) is 19.2. The van der Waals surface area contributed by atoms with E-state index in [0.29, 0.717) is 6.54 Å².